The number of carbonyl (C=O) groups is 3. The van der Waals surface area contributed by atoms with E-state index in [2.05, 4.69) is 0 Å². The summed E-state index contributed by atoms with van der Waals surface area (Å²) in [5, 5.41) is 26.3. The lowest BCUT2D eigenvalue weighted by atomic mass is 9.81. The van der Waals surface area contributed by atoms with E-state index in [9.17, 15) is 14.4 Å². The molecule has 0 rings (SSSR count). The van der Waals surface area contributed by atoms with Crippen LogP contribution < -0.4 is 0 Å². The molecule has 0 spiro atoms. The van der Waals surface area contributed by atoms with Gasteiger partial charge in [-0.25, -0.2) is 0 Å². The lowest BCUT2D eigenvalue weighted by molar-refractivity contribution is -0.161. The summed E-state index contributed by atoms with van der Waals surface area (Å²) in [5.74, 6) is -7.76. The summed E-state index contributed by atoms with van der Waals surface area (Å²) in [5.41, 5.74) is 0. The van der Waals surface area contributed by atoms with Crippen molar-refractivity contribution in [2.45, 2.75) is 50.0 Å². The minimum Gasteiger partial charge on any atom is -0.481 e. The van der Waals surface area contributed by atoms with E-state index in [4.69, 9.17) is 15.3 Å². The molecule has 118 valence electrons. The molecule has 0 bridgehead atoms. The highest BCUT2D eigenvalue weighted by Gasteiger charge is 2.39. The Morgan fingerprint density at radius 2 is 1.21 bits per heavy atom. The van der Waals surface area contributed by atoms with Gasteiger partial charge in [-0.3, -0.25) is 14.4 Å². The second kappa shape index (κ2) is 12.9. The predicted molar refractivity (Wildman–Crippen MR) is 76.3 cm³/mol. The fourth-order valence-corrected chi connectivity index (χ4v) is 1.47. The van der Waals surface area contributed by atoms with Crippen molar-refractivity contribution in [2.75, 3.05) is 0 Å². The van der Waals surface area contributed by atoms with Crippen molar-refractivity contribution < 1.29 is 29.7 Å². The fraction of sp³-hybridized carbons (Fsp3) is 0.769. The van der Waals surface area contributed by atoms with Crippen LogP contribution in [0.4, 0.5) is 0 Å². The first-order chi connectivity index (χ1) is 6.82. The molecule has 0 aromatic rings. The zero-order valence-electron chi connectivity index (χ0n) is 8.51. The van der Waals surface area contributed by atoms with Crippen molar-refractivity contribution in [3.05, 3.63) is 0 Å². The molecule has 0 radical (unpaired) electrons. The Hall–Kier alpha value is -1.59. The van der Waals surface area contributed by atoms with Gasteiger partial charge in [0.05, 0.1) is 17.8 Å². The van der Waals surface area contributed by atoms with E-state index < -0.39 is 35.7 Å². The average molecular weight is 282 g/mol. The van der Waals surface area contributed by atoms with Crippen molar-refractivity contribution >= 4 is 17.9 Å². The van der Waals surface area contributed by atoms with Crippen LogP contribution in [0.25, 0.3) is 0 Å². The van der Waals surface area contributed by atoms with E-state index in [-0.39, 0.29) is 36.1 Å². The van der Waals surface area contributed by atoms with Gasteiger partial charge in [0.1, 0.15) is 0 Å². The van der Waals surface area contributed by atoms with Crippen molar-refractivity contribution in [1.82, 2.24) is 0 Å². The first-order valence-corrected chi connectivity index (χ1v) is 4.51. The maximum absolute atomic E-state index is 10.8. The van der Waals surface area contributed by atoms with Crippen LogP contribution in [0.2, 0.25) is 0 Å². The van der Waals surface area contributed by atoms with Gasteiger partial charge in [-0.15, -0.1) is 0 Å². The van der Waals surface area contributed by atoms with Gasteiger partial charge in [-0.2, -0.15) is 0 Å². The van der Waals surface area contributed by atoms with E-state index in [0.717, 1.165) is 0 Å². The van der Waals surface area contributed by atoms with Crippen LogP contribution in [0.1, 0.15) is 50.0 Å². The Balaban J connectivity index is -0.000000163. The normalized spacial score (nSPS) is 12.9. The van der Waals surface area contributed by atoms with Gasteiger partial charge in [0.15, 0.2) is 0 Å². The highest BCUT2D eigenvalue weighted by Crippen LogP contribution is 2.25. The van der Waals surface area contributed by atoms with Crippen molar-refractivity contribution in [2.24, 2.45) is 17.8 Å². The van der Waals surface area contributed by atoms with Gasteiger partial charge in [0, 0.05) is 0 Å². The molecule has 6 nitrogen and oxygen atoms in total. The molecule has 0 aliphatic heterocycles. The lowest BCUT2D eigenvalue weighted by Crippen LogP contribution is -2.37. The smallest absolute Gasteiger partial charge is 0.308 e. The highest BCUT2D eigenvalue weighted by molar-refractivity contribution is 5.85. The molecule has 19 heavy (non-hydrogen) atoms. The standard InChI is InChI=1S/C9H14O6.4CH4/c1-3-5(8(12)13)6(9(14)15)4(2)7(10)11;;;;/h4-6H,3H2,1-2H3,(H,10,11)(H,12,13)(H,14,15);4*1H4. The Morgan fingerprint density at radius 3 is 1.37 bits per heavy atom. The molecule has 0 aromatic carbocycles. The summed E-state index contributed by atoms with van der Waals surface area (Å²) in [4.78, 5) is 32.2. The number of hydrogen-bond donors (Lipinski definition) is 3. The topological polar surface area (TPSA) is 112 Å². The first kappa shape index (κ1) is 30.4. The minimum absolute atomic E-state index is 0. The molecule has 3 unspecified atom stereocenters. The Morgan fingerprint density at radius 1 is 0.842 bits per heavy atom. The van der Waals surface area contributed by atoms with E-state index in [1.807, 2.05) is 0 Å². The van der Waals surface area contributed by atoms with Crippen LogP contribution in [-0.4, -0.2) is 33.2 Å². The maximum atomic E-state index is 10.8. The SMILES string of the molecule is C.C.C.C.CCC(C(=O)O)C(C(=O)O)C(C)C(=O)O. The van der Waals surface area contributed by atoms with Gasteiger partial charge in [-0.1, -0.05) is 43.6 Å². The summed E-state index contributed by atoms with van der Waals surface area (Å²) in [6.07, 6.45) is 0.0872. The monoisotopic (exact) mass is 282 g/mol. The number of carboxylic acid groups (broad SMARTS) is 3. The molecule has 0 aliphatic rings. The number of carboxylic acids is 3. The third-order valence-electron chi connectivity index (χ3n) is 2.40. The molecule has 0 aromatic heterocycles. The number of aliphatic carboxylic acids is 3. The predicted octanol–water partition coefficient (Wildman–Crippen LogP) is 3.06. The minimum atomic E-state index is -1.40. The molecule has 0 saturated heterocycles. The molecule has 3 atom stereocenters. The van der Waals surface area contributed by atoms with Gasteiger partial charge in [0.2, 0.25) is 0 Å². The van der Waals surface area contributed by atoms with Gasteiger partial charge >= 0.3 is 17.9 Å². The summed E-state index contributed by atoms with van der Waals surface area (Å²) < 4.78 is 0. The first-order valence-electron chi connectivity index (χ1n) is 4.51. The third kappa shape index (κ3) is 8.18. The van der Waals surface area contributed by atoms with Crippen LogP contribution in [0.15, 0.2) is 0 Å². The van der Waals surface area contributed by atoms with E-state index >= 15 is 0 Å². The summed E-state index contributed by atoms with van der Waals surface area (Å²) >= 11 is 0. The van der Waals surface area contributed by atoms with Crippen molar-refractivity contribution in [1.29, 1.82) is 0 Å². The molecule has 0 heterocycles. The van der Waals surface area contributed by atoms with Crippen molar-refractivity contribution in [3.63, 3.8) is 0 Å². The van der Waals surface area contributed by atoms with Crippen molar-refractivity contribution in [3.8, 4) is 0 Å². The Bertz CT molecular complexity index is 274. The van der Waals surface area contributed by atoms with Crippen LogP contribution in [0.5, 0.6) is 0 Å². The van der Waals surface area contributed by atoms with Crippen LogP contribution in [0, 0.1) is 17.8 Å². The summed E-state index contributed by atoms with van der Waals surface area (Å²) in [7, 11) is 0. The van der Waals surface area contributed by atoms with E-state index in [0.29, 0.717) is 0 Å². The van der Waals surface area contributed by atoms with E-state index in [1.165, 1.54) is 13.8 Å². The average Bonchev–Trinajstić information content (AvgIpc) is 2.11. The quantitative estimate of drug-likeness (QED) is 0.690. The zero-order valence-corrected chi connectivity index (χ0v) is 8.51. The zero-order chi connectivity index (χ0) is 12.2. The summed E-state index contributed by atoms with van der Waals surface area (Å²) in [6, 6.07) is 0. The third-order valence-corrected chi connectivity index (χ3v) is 2.40. The number of hydrogen-bond acceptors (Lipinski definition) is 3. The largest absolute Gasteiger partial charge is 0.481 e. The maximum Gasteiger partial charge on any atom is 0.308 e. The highest BCUT2D eigenvalue weighted by atomic mass is 16.4. The molecule has 0 saturated carbocycles. The van der Waals surface area contributed by atoms with E-state index in [1.54, 1.807) is 0 Å². The number of rotatable bonds is 6. The molecule has 3 N–H and O–H groups in total. The van der Waals surface area contributed by atoms with Crippen LogP contribution in [0.3, 0.4) is 0 Å². The Kier molecular flexibility index (Phi) is 20.6. The molecule has 0 amide bonds. The van der Waals surface area contributed by atoms with Crippen LogP contribution >= 0.6 is 0 Å². The fourth-order valence-electron chi connectivity index (χ4n) is 1.47. The second-order valence-electron chi connectivity index (χ2n) is 3.34. The van der Waals surface area contributed by atoms with Gasteiger partial charge in [-0.05, 0) is 6.42 Å². The second-order valence-corrected chi connectivity index (χ2v) is 3.34. The molecule has 0 aliphatic carbocycles. The summed E-state index contributed by atoms with van der Waals surface area (Å²) in [6.45, 7) is 2.72. The lowest BCUT2D eigenvalue weighted by Gasteiger charge is -2.22. The molecule has 6 heteroatoms. The Labute approximate surface area is 116 Å². The van der Waals surface area contributed by atoms with Gasteiger partial charge < -0.3 is 15.3 Å². The molecular weight excluding hydrogens is 252 g/mol. The molecular formula is C13H30O6. The van der Waals surface area contributed by atoms with Gasteiger partial charge in [0.25, 0.3) is 0 Å². The molecule has 0 fully saturated rings. The van der Waals surface area contributed by atoms with Crippen LogP contribution in [-0.2, 0) is 14.4 Å².